The third-order valence-corrected chi connectivity index (χ3v) is 20.1. The van der Waals surface area contributed by atoms with Gasteiger partial charge < -0.3 is 135 Å². The van der Waals surface area contributed by atoms with E-state index >= 15 is 0 Å². The molecular weight excluding hydrogens is 1240 g/mol. The third kappa shape index (κ3) is 24.5. The highest BCUT2D eigenvalue weighted by molar-refractivity contribution is 7.71. The second-order valence-electron chi connectivity index (χ2n) is 19.2. The molecule has 2 heterocycles. The lowest BCUT2D eigenvalue weighted by Gasteiger charge is -2.49. The number of carboxylic acids is 4. The molecule has 2 aliphatic heterocycles. The first-order chi connectivity index (χ1) is 38.6. The van der Waals surface area contributed by atoms with Crippen LogP contribution in [0.5, 0.6) is 0 Å². The van der Waals surface area contributed by atoms with Gasteiger partial charge in [0.25, 0.3) is 0 Å². The maximum atomic E-state index is 13.6. The summed E-state index contributed by atoms with van der Waals surface area (Å²) >= 11 is 0. The van der Waals surface area contributed by atoms with Gasteiger partial charge in [-0.1, -0.05) is 0 Å². The molecule has 6 unspecified atom stereocenters. The first-order valence-corrected chi connectivity index (χ1v) is 31.1. The van der Waals surface area contributed by atoms with E-state index in [1.807, 2.05) is 10.6 Å². The molecule has 0 spiro atoms. The van der Waals surface area contributed by atoms with Crippen molar-refractivity contribution < 1.29 is 176 Å². The van der Waals surface area contributed by atoms with Crippen molar-refractivity contribution in [3.8, 4) is 0 Å². The van der Waals surface area contributed by atoms with Crippen LogP contribution in [-0.4, -0.2) is 337 Å². The first-order valence-electron chi connectivity index (χ1n) is 24.4. The van der Waals surface area contributed by atoms with Gasteiger partial charge in [0.1, 0.15) is 66.7 Å². The number of nitrogens with one attached hydrogen (secondary N) is 2. The monoisotopic (exact) mass is 1310 g/mol. The van der Waals surface area contributed by atoms with Gasteiger partial charge in [-0.15, -0.1) is 0 Å². The molecule has 0 aromatic rings. The predicted molar refractivity (Wildman–Crippen MR) is 267 cm³/mol. The lowest BCUT2D eigenvalue weighted by atomic mass is 9.90. The molecule has 41 nitrogen and oxygen atoms in total. The highest BCUT2D eigenvalue weighted by Gasteiger charge is 2.55. The summed E-state index contributed by atoms with van der Waals surface area (Å²) in [7, 11) is -23.4. The minimum atomic E-state index is -5.92. The van der Waals surface area contributed by atoms with Crippen molar-refractivity contribution in [2.75, 3.05) is 85.3 Å². The van der Waals surface area contributed by atoms with Crippen LogP contribution in [0.25, 0.3) is 0 Å². The molecule has 0 aliphatic carbocycles. The van der Waals surface area contributed by atoms with Gasteiger partial charge in [0, 0.05) is 45.1 Å². The number of nitrogens with zero attached hydrogens (tertiary/aromatic N) is 3. The van der Waals surface area contributed by atoms with E-state index in [-0.39, 0.29) is 19.6 Å². The largest absolute Gasteiger partial charge is 0.480 e. The number of carbonyl (C=O) groups excluding carboxylic acids is 3. The van der Waals surface area contributed by atoms with Gasteiger partial charge in [0.05, 0.1) is 71.5 Å². The molecule has 488 valence electrons. The van der Waals surface area contributed by atoms with Crippen LogP contribution in [-0.2, 0) is 70.8 Å². The van der Waals surface area contributed by atoms with Gasteiger partial charge in [-0.3, -0.25) is 66.5 Å². The van der Waals surface area contributed by atoms with Gasteiger partial charge >= 0.3 is 54.3 Å². The number of ketones is 1. The summed E-state index contributed by atoms with van der Waals surface area (Å²) in [6.07, 6.45) is -30.3. The number of aliphatic carboxylic acids is 4. The Morgan fingerprint density at radius 3 is 1.26 bits per heavy atom. The molecule has 23 N–H and O–H groups in total. The fraction of sp³-hybridized carbons (Fsp3) is 0.821. The SMILES string of the molecule is O=C(O)CN(CCN(CC(=O)O)CC(=O)O)CCN(CC(=O)O)CC(=O)CC(CO)[C@H](O)[C@H](O[C@@H]1OC(CO)[C@@H](O[C@@H]2OC(CO)[C@@H](O)[C@@H](O)C2NC(=O)CC(P(=O)(O)O)P(=O)(O)O)[C@@H](O)C1NC(=O)CC(P(=O)(O)O)P(=O)(O)O)C(O)CO. The van der Waals surface area contributed by atoms with E-state index in [2.05, 4.69) is 0 Å². The van der Waals surface area contributed by atoms with Gasteiger partial charge in [-0.25, -0.2) is 0 Å². The Hall–Kier alpha value is -3.55. The fourth-order valence-corrected chi connectivity index (χ4v) is 13.3. The summed E-state index contributed by atoms with van der Waals surface area (Å²) < 4.78 is 70.7. The summed E-state index contributed by atoms with van der Waals surface area (Å²) in [4.78, 5) is 166. The Kier molecular flexibility index (Phi) is 30.7. The molecular formula is C39H71N5O36P4. The topological polar surface area (TPSA) is 683 Å². The number of ether oxygens (including phenoxy) is 4. The van der Waals surface area contributed by atoms with Crippen molar-refractivity contribution in [3.63, 3.8) is 0 Å². The van der Waals surface area contributed by atoms with Crippen molar-refractivity contribution >= 4 is 71.9 Å². The Morgan fingerprint density at radius 1 is 0.500 bits per heavy atom. The highest BCUT2D eigenvalue weighted by Crippen LogP contribution is 2.62. The average molecular weight is 1310 g/mol. The van der Waals surface area contributed by atoms with E-state index in [0.29, 0.717) is 0 Å². The van der Waals surface area contributed by atoms with E-state index in [0.717, 1.165) is 14.7 Å². The summed E-state index contributed by atoms with van der Waals surface area (Å²) in [5.74, 6) is -12.1. The van der Waals surface area contributed by atoms with Gasteiger partial charge in [0.15, 0.2) is 23.4 Å². The summed E-state index contributed by atoms with van der Waals surface area (Å²) in [6, 6.07) is -4.74. The Balaban J connectivity index is 2.63. The number of carbonyl (C=O) groups is 7. The maximum Gasteiger partial charge on any atom is 0.341 e. The van der Waals surface area contributed by atoms with Crippen LogP contribution in [0.2, 0.25) is 0 Å². The van der Waals surface area contributed by atoms with Crippen LogP contribution in [0.15, 0.2) is 0 Å². The normalized spacial score (nSPS) is 25.1. The van der Waals surface area contributed by atoms with Crippen molar-refractivity contribution in [3.05, 3.63) is 0 Å². The zero-order valence-electron chi connectivity index (χ0n) is 43.7. The van der Waals surface area contributed by atoms with Gasteiger partial charge in [0.2, 0.25) is 11.8 Å². The number of Topliss-reactive ketones (excluding diaryl/α,β-unsaturated/α-hetero) is 1. The number of rotatable bonds is 39. The fourth-order valence-electron chi connectivity index (χ4n) is 8.55. The van der Waals surface area contributed by atoms with Crippen LogP contribution in [0.1, 0.15) is 19.3 Å². The van der Waals surface area contributed by atoms with E-state index in [9.17, 15) is 147 Å². The van der Waals surface area contributed by atoms with E-state index in [1.54, 1.807) is 0 Å². The van der Waals surface area contributed by atoms with Crippen LogP contribution < -0.4 is 10.6 Å². The van der Waals surface area contributed by atoms with Crippen LogP contribution in [0.4, 0.5) is 0 Å². The van der Waals surface area contributed by atoms with Crippen LogP contribution in [0.3, 0.4) is 0 Å². The molecule has 2 saturated heterocycles. The molecule has 0 saturated carbocycles. The van der Waals surface area contributed by atoms with Crippen molar-refractivity contribution in [2.24, 2.45) is 5.92 Å². The van der Waals surface area contributed by atoms with Crippen molar-refractivity contribution in [2.45, 2.75) is 110 Å². The molecule has 84 heavy (non-hydrogen) atoms. The number of amides is 2. The maximum absolute atomic E-state index is 13.6. The Bertz CT molecular complexity index is 2350. The molecule has 0 aromatic heterocycles. The molecule has 0 bridgehead atoms. The Morgan fingerprint density at radius 2 is 0.881 bits per heavy atom. The predicted octanol–water partition coefficient (Wildman–Crippen LogP) is -11.1. The summed E-state index contributed by atoms with van der Waals surface area (Å²) in [5, 5.41) is 132. The number of hydrogen-bond donors (Lipinski definition) is 23. The van der Waals surface area contributed by atoms with E-state index in [1.165, 1.54) is 0 Å². The standard InChI is InChI=1S/C39H71N5O36P4/c45-13-17(5-18(49)8-43(10-25(55)56)3-1-42(9-24(53)54)2-4-44(11-26(57)58)12-27(59)60)32(61)36(19(50)14-46)79-39-31(41-23(52)7-29(83(71,72)73)84(74,75)76)35(64)37(21(16-48)78-39)80-38-30(34(63)33(62)20(15-47)77-38)40-22(51)6-28(81(65,66)67)82(68,69)70/h17,19-21,28-39,45-48,50,61-64H,1-16H2,(H,40,51)(H,41,52)(H,53,54)(H,55,56)(H,57,58)(H,59,60)(H2,65,66,67)(H2,68,69,70)(H2,71,72,73)(H2,74,75,76)/t17?,19?,20?,21?,30?,31?,32-,33+,34-,35-,36+,37+,38-,39-/m0/s1. The number of carboxylic acid groups (broad SMARTS) is 4. The minimum Gasteiger partial charge on any atom is -0.480 e. The number of aliphatic hydroxyl groups is 9. The average Bonchev–Trinajstić information content (AvgIpc) is 2.58. The van der Waals surface area contributed by atoms with Gasteiger partial charge in [-0.2, -0.15) is 0 Å². The number of aliphatic hydroxyl groups excluding tert-OH is 9. The van der Waals surface area contributed by atoms with Crippen LogP contribution >= 0.6 is 30.4 Å². The van der Waals surface area contributed by atoms with Crippen molar-refractivity contribution in [1.29, 1.82) is 0 Å². The Labute approximate surface area is 473 Å². The smallest absolute Gasteiger partial charge is 0.341 e. The molecule has 2 rings (SSSR count). The molecule has 45 heteroatoms. The van der Waals surface area contributed by atoms with E-state index < -0.39 is 253 Å². The van der Waals surface area contributed by atoms with Crippen molar-refractivity contribution in [1.82, 2.24) is 25.3 Å². The lowest BCUT2D eigenvalue weighted by molar-refractivity contribution is -0.342. The van der Waals surface area contributed by atoms with Gasteiger partial charge in [-0.05, 0) is 0 Å². The summed E-state index contributed by atoms with van der Waals surface area (Å²) in [6.45, 7) is -10.6. The zero-order chi connectivity index (χ0) is 64.6. The summed E-state index contributed by atoms with van der Waals surface area (Å²) in [5.41, 5.74) is 0. The molecule has 14 atom stereocenters. The molecule has 2 amide bonds. The minimum absolute atomic E-state index is 0.289. The highest BCUT2D eigenvalue weighted by atomic mass is 31.2. The lowest BCUT2D eigenvalue weighted by Crippen LogP contribution is -2.70. The zero-order valence-corrected chi connectivity index (χ0v) is 47.3. The molecule has 0 aromatic carbocycles. The molecule has 0 radical (unpaired) electrons. The van der Waals surface area contributed by atoms with Crippen LogP contribution in [0, 0.1) is 5.92 Å². The number of hydrogen-bond acceptors (Lipinski definition) is 27. The third-order valence-electron chi connectivity index (χ3n) is 12.7. The first kappa shape index (κ1) is 76.5. The molecule has 2 aliphatic rings. The van der Waals surface area contributed by atoms with E-state index in [4.69, 9.17) is 29.2 Å². The second kappa shape index (κ2) is 33.7. The quantitative estimate of drug-likeness (QED) is 0.0254. The second-order valence-corrected chi connectivity index (χ2v) is 27.3. The molecule has 2 fully saturated rings.